The van der Waals surface area contributed by atoms with Crippen molar-refractivity contribution in [3.05, 3.63) is 59.7 Å². The molecule has 1 heterocycles. The van der Waals surface area contributed by atoms with Crippen molar-refractivity contribution in [2.45, 2.75) is 37.3 Å². The monoisotopic (exact) mass is 432 g/mol. The highest BCUT2D eigenvalue weighted by molar-refractivity contribution is 5.90. The van der Waals surface area contributed by atoms with Gasteiger partial charge in [-0.2, -0.15) is 0 Å². The number of carboxylic acids is 1. The number of rotatable bonds is 6. The molecule has 2 aromatic carbocycles. The molecule has 2 aromatic rings. The predicted molar refractivity (Wildman–Crippen MR) is 118 cm³/mol. The lowest BCUT2D eigenvalue weighted by atomic mass is 9.98. The van der Waals surface area contributed by atoms with Crippen LogP contribution in [0.5, 0.6) is 0 Å². The molecule has 2 amide bonds. The van der Waals surface area contributed by atoms with Crippen molar-refractivity contribution < 1.29 is 24.2 Å². The second kappa shape index (κ2) is 9.15. The Bertz CT molecular complexity index is 1040. The lowest BCUT2D eigenvalue weighted by Gasteiger charge is -2.26. The van der Waals surface area contributed by atoms with E-state index in [1.165, 1.54) is 4.90 Å². The molecule has 1 aliphatic heterocycles. The molecule has 7 nitrogen and oxygen atoms in total. The van der Waals surface area contributed by atoms with Crippen LogP contribution in [-0.2, 0) is 14.3 Å². The summed E-state index contributed by atoms with van der Waals surface area (Å²) in [7, 11) is 0. The number of hydrogen-bond acceptors (Lipinski definition) is 4. The van der Waals surface area contributed by atoms with Crippen LogP contribution in [0.1, 0.15) is 36.3 Å². The minimum Gasteiger partial charge on any atom is -0.480 e. The molecule has 4 rings (SSSR count). The Morgan fingerprint density at radius 1 is 1.12 bits per heavy atom. The van der Waals surface area contributed by atoms with E-state index < -0.39 is 30.1 Å². The van der Waals surface area contributed by atoms with Gasteiger partial charge in [-0.3, -0.25) is 4.79 Å². The molecule has 164 valence electrons. The summed E-state index contributed by atoms with van der Waals surface area (Å²) in [4.78, 5) is 38.1. The van der Waals surface area contributed by atoms with Crippen LogP contribution in [0.25, 0.3) is 11.1 Å². The van der Waals surface area contributed by atoms with Crippen molar-refractivity contribution in [2.24, 2.45) is 0 Å². The molecule has 0 aromatic heterocycles. The maximum atomic E-state index is 12.9. The van der Waals surface area contributed by atoms with Gasteiger partial charge in [0.2, 0.25) is 5.91 Å². The summed E-state index contributed by atoms with van der Waals surface area (Å²) in [6.07, 6.45) is 5.56. The zero-order valence-corrected chi connectivity index (χ0v) is 17.5. The van der Waals surface area contributed by atoms with Gasteiger partial charge in [-0.1, -0.05) is 48.5 Å². The van der Waals surface area contributed by atoms with E-state index in [4.69, 9.17) is 11.2 Å². The van der Waals surface area contributed by atoms with Crippen molar-refractivity contribution in [3.8, 4) is 23.5 Å². The quantitative estimate of drug-likeness (QED) is 0.684. The summed E-state index contributed by atoms with van der Waals surface area (Å²) in [5.74, 6) is 0.715. The zero-order valence-electron chi connectivity index (χ0n) is 17.5. The number of likely N-dealkylation sites (tertiary alicyclic amines) is 1. The fourth-order valence-electron chi connectivity index (χ4n) is 4.59. The number of benzene rings is 2. The van der Waals surface area contributed by atoms with Crippen LogP contribution in [0.15, 0.2) is 48.5 Å². The highest BCUT2D eigenvalue weighted by Gasteiger charge is 2.37. The van der Waals surface area contributed by atoms with E-state index in [0.29, 0.717) is 19.4 Å². The molecular formula is C25H24N2O5. The van der Waals surface area contributed by atoms with Crippen LogP contribution in [-0.4, -0.2) is 53.2 Å². The summed E-state index contributed by atoms with van der Waals surface area (Å²) in [6, 6.07) is 14.1. The molecule has 2 N–H and O–H groups in total. The van der Waals surface area contributed by atoms with Gasteiger partial charge in [-0.15, -0.1) is 12.3 Å². The molecule has 2 aliphatic rings. The lowest BCUT2D eigenvalue weighted by molar-refractivity contribution is -0.148. The van der Waals surface area contributed by atoms with Crippen molar-refractivity contribution in [1.82, 2.24) is 10.2 Å². The second-order valence-electron chi connectivity index (χ2n) is 7.96. The molecule has 7 heteroatoms. The fourth-order valence-corrected chi connectivity index (χ4v) is 4.59. The van der Waals surface area contributed by atoms with Crippen LogP contribution in [0, 0.1) is 12.3 Å². The Morgan fingerprint density at radius 2 is 1.75 bits per heavy atom. The molecule has 1 fully saturated rings. The van der Waals surface area contributed by atoms with Crippen LogP contribution < -0.4 is 5.32 Å². The number of amides is 2. The fraction of sp³-hybridized carbons (Fsp3) is 0.320. The number of nitrogens with zero attached hydrogens (tertiary/aromatic N) is 1. The number of fused-ring (bicyclic) bond motifs is 3. The maximum Gasteiger partial charge on any atom is 0.407 e. The van der Waals surface area contributed by atoms with Crippen LogP contribution in [0.2, 0.25) is 0 Å². The SMILES string of the molecule is C#CCC(NC(=O)OCC1c2ccccc2-c2ccccc21)C(=O)N1CCCC1C(=O)O. The Hall–Kier alpha value is -3.79. The number of carbonyl (C=O) groups excluding carboxylic acids is 2. The van der Waals surface area contributed by atoms with Crippen LogP contribution in [0.3, 0.4) is 0 Å². The first kappa shape index (κ1) is 21.4. The van der Waals surface area contributed by atoms with Crippen molar-refractivity contribution in [1.29, 1.82) is 0 Å². The second-order valence-corrected chi connectivity index (χ2v) is 7.96. The number of hydrogen-bond donors (Lipinski definition) is 2. The first-order valence-electron chi connectivity index (χ1n) is 10.6. The number of ether oxygens (including phenoxy) is 1. The Labute approximate surface area is 186 Å². The third-order valence-corrected chi connectivity index (χ3v) is 6.08. The van der Waals surface area contributed by atoms with Gasteiger partial charge in [0.15, 0.2) is 0 Å². The number of nitrogens with one attached hydrogen (secondary N) is 1. The third-order valence-electron chi connectivity index (χ3n) is 6.08. The van der Waals surface area contributed by atoms with Gasteiger partial charge < -0.3 is 20.1 Å². The Balaban J connectivity index is 1.43. The van der Waals surface area contributed by atoms with Gasteiger partial charge in [-0.05, 0) is 35.1 Å². The normalized spacial score (nSPS) is 17.7. The lowest BCUT2D eigenvalue weighted by Crippen LogP contribution is -2.51. The molecule has 0 radical (unpaired) electrons. The summed E-state index contributed by atoms with van der Waals surface area (Å²) in [5, 5.41) is 11.9. The van der Waals surface area contributed by atoms with Gasteiger partial charge in [0.05, 0.1) is 0 Å². The van der Waals surface area contributed by atoms with Gasteiger partial charge in [0, 0.05) is 18.9 Å². The smallest absolute Gasteiger partial charge is 0.407 e. The molecule has 2 atom stereocenters. The van der Waals surface area contributed by atoms with E-state index in [2.05, 4.69) is 11.2 Å². The number of aliphatic carboxylic acids is 1. The average Bonchev–Trinajstić information content (AvgIpc) is 3.40. The topological polar surface area (TPSA) is 95.9 Å². The van der Waals surface area contributed by atoms with E-state index in [1.807, 2.05) is 48.5 Å². The summed E-state index contributed by atoms with van der Waals surface area (Å²) in [6.45, 7) is 0.432. The van der Waals surface area contributed by atoms with E-state index in [-0.39, 0.29) is 18.9 Å². The van der Waals surface area contributed by atoms with Gasteiger partial charge >= 0.3 is 12.1 Å². The first-order valence-corrected chi connectivity index (χ1v) is 10.6. The van der Waals surface area contributed by atoms with Gasteiger partial charge in [-0.25, -0.2) is 9.59 Å². The highest BCUT2D eigenvalue weighted by atomic mass is 16.5. The molecule has 0 saturated carbocycles. The molecule has 2 unspecified atom stereocenters. The minimum absolute atomic E-state index is 0.0497. The number of terminal acetylenes is 1. The summed E-state index contributed by atoms with van der Waals surface area (Å²) >= 11 is 0. The zero-order chi connectivity index (χ0) is 22.7. The Kier molecular flexibility index (Phi) is 6.13. The minimum atomic E-state index is -1.06. The molecule has 1 saturated heterocycles. The van der Waals surface area contributed by atoms with E-state index in [1.54, 1.807) is 0 Å². The van der Waals surface area contributed by atoms with Gasteiger partial charge in [0.25, 0.3) is 0 Å². The molecule has 32 heavy (non-hydrogen) atoms. The van der Waals surface area contributed by atoms with Crippen LogP contribution >= 0.6 is 0 Å². The van der Waals surface area contributed by atoms with Crippen molar-refractivity contribution in [3.63, 3.8) is 0 Å². The summed E-state index contributed by atoms with van der Waals surface area (Å²) in [5.41, 5.74) is 4.40. The number of alkyl carbamates (subject to hydrolysis) is 1. The standard InChI is InChI=1S/C25H24N2O5/c1-2-8-21(23(28)27-14-7-13-22(27)24(29)30)26-25(31)32-15-20-18-11-5-3-9-16(18)17-10-4-6-12-19(17)20/h1,3-6,9-12,20-22H,7-8,13-15H2,(H,26,31)(H,29,30). The Morgan fingerprint density at radius 3 is 2.34 bits per heavy atom. The van der Waals surface area contributed by atoms with Crippen molar-refractivity contribution >= 4 is 18.0 Å². The summed E-state index contributed by atoms with van der Waals surface area (Å²) < 4.78 is 5.50. The number of carbonyl (C=O) groups is 3. The number of carboxylic acid groups (broad SMARTS) is 1. The van der Waals surface area contributed by atoms with E-state index in [0.717, 1.165) is 22.3 Å². The molecule has 0 bridgehead atoms. The van der Waals surface area contributed by atoms with Gasteiger partial charge in [0.1, 0.15) is 18.7 Å². The van der Waals surface area contributed by atoms with E-state index >= 15 is 0 Å². The third kappa shape index (κ3) is 4.04. The first-order chi connectivity index (χ1) is 15.5. The predicted octanol–water partition coefficient (Wildman–Crippen LogP) is 2.99. The molecule has 1 aliphatic carbocycles. The molecular weight excluding hydrogens is 408 g/mol. The van der Waals surface area contributed by atoms with Crippen molar-refractivity contribution in [2.75, 3.05) is 13.2 Å². The highest BCUT2D eigenvalue weighted by Crippen LogP contribution is 2.44. The largest absolute Gasteiger partial charge is 0.480 e. The molecule has 0 spiro atoms. The van der Waals surface area contributed by atoms with Crippen LogP contribution in [0.4, 0.5) is 4.79 Å². The average molecular weight is 432 g/mol. The van der Waals surface area contributed by atoms with E-state index in [9.17, 15) is 19.5 Å². The maximum absolute atomic E-state index is 12.9.